The van der Waals surface area contributed by atoms with Gasteiger partial charge >= 0.3 is 5.97 Å². The predicted octanol–water partition coefficient (Wildman–Crippen LogP) is 8.08. The van der Waals surface area contributed by atoms with E-state index in [-0.39, 0.29) is 11.4 Å². The van der Waals surface area contributed by atoms with Gasteiger partial charge < -0.3 is 9.47 Å². The molecule has 0 saturated carbocycles. The topological polar surface area (TPSA) is 52.6 Å². The minimum Gasteiger partial charge on any atom is -0.488 e. The number of rotatable bonds is 6. The Hall–Kier alpha value is -3.40. The van der Waals surface area contributed by atoms with Crippen molar-refractivity contribution in [1.82, 2.24) is 0 Å². The van der Waals surface area contributed by atoms with Gasteiger partial charge in [-0.3, -0.25) is 4.79 Å². The maximum atomic E-state index is 12.9. The van der Waals surface area contributed by atoms with Crippen LogP contribution in [0.25, 0.3) is 11.1 Å². The highest BCUT2D eigenvalue weighted by Gasteiger charge is 2.27. The van der Waals surface area contributed by atoms with Gasteiger partial charge in [0, 0.05) is 11.0 Å². The summed E-state index contributed by atoms with van der Waals surface area (Å²) in [6.45, 7) is 16.1. The van der Waals surface area contributed by atoms with Gasteiger partial charge in [0.15, 0.2) is 5.78 Å². The van der Waals surface area contributed by atoms with Gasteiger partial charge in [0.25, 0.3) is 0 Å². The van der Waals surface area contributed by atoms with Crippen LogP contribution in [0.3, 0.4) is 0 Å². The second kappa shape index (κ2) is 9.81. The Balaban J connectivity index is 1.57. The van der Waals surface area contributed by atoms with Crippen molar-refractivity contribution in [3.05, 3.63) is 81.9 Å². The van der Waals surface area contributed by atoms with E-state index in [0.717, 1.165) is 36.1 Å². The predicted molar refractivity (Wildman–Crippen MR) is 149 cm³/mol. The molecule has 37 heavy (non-hydrogen) atoms. The number of hydrogen-bond acceptors (Lipinski definition) is 4. The van der Waals surface area contributed by atoms with Crippen molar-refractivity contribution < 1.29 is 19.1 Å². The number of hydrogen-bond donors (Lipinski definition) is 0. The van der Waals surface area contributed by atoms with Crippen LogP contribution in [0.15, 0.2) is 48.5 Å². The average molecular weight is 499 g/mol. The zero-order valence-corrected chi connectivity index (χ0v) is 23.4. The number of ether oxygens (including phenoxy) is 2. The molecule has 3 aromatic carbocycles. The average Bonchev–Trinajstić information content (AvgIpc) is 2.84. The van der Waals surface area contributed by atoms with Crippen molar-refractivity contribution in [1.29, 1.82) is 0 Å². The number of ketones is 1. The summed E-state index contributed by atoms with van der Waals surface area (Å²) in [5, 5.41) is 0. The number of fused-ring (bicyclic) bond motifs is 3. The molecule has 0 unspecified atom stereocenters. The maximum Gasteiger partial charge on any atom is 0.343 e. The molecular weight excluding hydrogens is 460 g/mol. The van der Waals surface area contributed by atoms with E-state index in [2.05, 4.69) is 45.9 Å². The van der Waals surface area contributed by atoms with Gasteiger partial charge in [-0.05, 0) is 124 Å². The lowest BCUT2D eigenvalue weighted by Crippen LogP contribution is -2.23. The number of esters is 1. The van der Waals surface area contributed by atoms with Gasteiger partial charge in [-0.15, -0.1) is 0 Å². The second-order valence-electron chi connectivity index (χ2n) is 11.8. The molecule has 0 radical (unpaired) electrons. The zero-order chi connectivity index (χ0) is 27.1. The van der Waals surface area contributed by atoms with Crippen molar-refractivity contribution in [2.24, 2.45) is 5.41 Å². The molecule has 0 spiro atoms. The Bertz CT molecular complexity index is 1350. The number of benzene rings is 3. The summed E-state index contributed by atoms with van der Waals surface area (Å²) in [6.07, 6.45) is 2.53. The van der Waals surface area contributed by atoms with Crippen LogP contribution >= 0.6 is 0 Å². The number of carbonyl (C=O) groups excluding carboxylic acids is 2. The molecule has 0 amide bonds. The van der Waals surface area contributed by atoms with Crippen LogP contribution in [0.2, 0.25) is 0 Å². The van der Waals surface area contributed by atoms with E-state index in [1.54, 1.807) is 24.3 Å². The fraction of sp³-hybridized carbons (Fsp3) is 0.394. The van der Waals surface area contributed by atoms with Gasteiger partial charge in [-0.1, -0.05) is 32.9 Å². The van der Waals surface area contributed by atoms with Crippen LogP contribution in [-0.2, 0) is 12.8 Å². The quantitative estimate of drug-likeness (QED) is 0.196. The first kappa shape index (κ1) is 26.7. The van der Waals surface area contributed by atoms with Crippen LogP contribution in [0.4, 0.5) is 0 Å². The minimum absolute atomic E-state index is 0.0769. The molecule has 0 aromatic heterocycles. The highest BCUT2D eigenvalue weighted by atomic mass is 16.5. The molecule has 0 atom stereocenters. The molecule has 4 nitrogen and oxygen atoms in total. The third-order valence-electron chi connectivity index (χ3n) is 7.26. The number of Topliss-reactive ketones (excluding diaryl/α,β-unsaturated/α-hetero) is 1. The number of carbonyl (C=O) groups is 2. The summed E-state index contributed by atoms with van der Waals surface area (Å²) in [7, 11) is 0. The van der Waals surface area contributed by atoms with Crippen molar-refractivity contribution in [2.75, 3.05) is 0 Å². The fourth-order valence-electron chi connectivity index (χ4n) is 4.66. The summed E-state index contributed by atoms with van der Waals surface area (Å²) in [4.78, 5) is 25.7. The maximum absolute atomic E-state index is 12.9. The molecule has 0 aliphatic heterocycles. The third kappa shape index (κ3) is 5.64. The van der Waals surface area contributed by atoms with Gasteiger partial charge in [0.05, 0.1) is 5.56 Å². The van der Waals surface area contributed by atoms with E-state index in [9.17, 15) is 9.59 Å². The molecule has 0 N–H and O–H groups in total. The van der Waals surface area contributed by atoms with E-state index in [1.807, 2.05) is 33.8 Å². The van der Waals surface area contributed by atoms with E-state index < -0.39 is 11.4 Å². The van der Waals surface area contributed by atoms with E-state index in [4.69, 9.17) is 9.47 Å². The van der Waals surface area contributed by atoms with Crippen LogP contribution < -0.4 is 9.47 Å². The van der Waals surface area contributed by atoms with Gasteiger partial charge in [-0.2, -0.15) is 0 Å². The number of aryl methyl sites for hydroxylation is 4. The Morgan fingerprint density at radius 2 is 1.24 bits per heavy atom. The second-order valence-corrected chi connectivity index (χ2v) is 11.8. The van der Waals surface area contributed by atoms with E-state index >= 15 is 0 Å². The molecule has 1 aliphatic carbocycles. The zero-order valence-electron chi connectivity index (χ0n) is 23.4. The molecule has 0 fully saturated rings. The summed E-state index contributed by atoms with van der Waals surface area (Å²) in [6, 6.07) is 15.3. The van der Waals surface area contributed by atoms with Gasteiger partial charge in [0.1, 0.15) is 17.1 Å². The fourth-order valence-corrected chi connectivity index (χ4v) is 4.66. The lowest BCUT2D eigenvalue weighted by molar-refractivity contribution is 0.0732. The van der Waals surface area contributed by atoms with Crippen molar-refractivity contribution in [2.45, 2.75) is 80.3 Å². The largest absolute Gasteiger partial charge is 0.488 e. The van der Waals surface area contributed by atoms with Crippen molar-refractivity contribution in [3.8, 4) is 22.6 Å². The standard InChI is InChI=1S/C33H38O4/c1-9-33(7,8)30(34)22-10-12-23(13-11-22)31(35)36-28-18-24-14-15-25-19-29(37-32(4,5)6)21(3)17-27(25)26(24)16-20(28)2/h10-13,16-19H,9,14-15H2,1-8H3. The third-order valence-corrected chi connectivity index (χ3v) is 7.26. The Morgan fingerprint density at radius 1 is 0.757 bits per heavy atom. The molecule has 4 heteroatoms. The van der Waals surface area contributed by atoms with Crippen LogP contribution in [0, 0.1) is 19.3 Å². The van der Waals surface area contributed by atoms with Crippen molar-refractivity contribution >= 4 is 11.8 Å². The Kier molecular flexibility index (Phi) is 7.07. The van der Waals surface area contributed by atoms with Crippen molar-refractivity contribution in [3.63, 3.8) is 0 Å². The highest BCUT2D eigenvalue weighted by Crippen LogP contribution is 2.40. The summed E-state index contributed by atoms with van der Waals surface area (Å²) in [5.41, 5.74) is 7.23. The highest BCUT2D eigenvalue weighted by molar-refractivity contribution is 6.01. The van der Waals surface area contributed by atoms with E-state index in [0.29, 0.717) is 16.9 Å². The van der Waals surface area contributed by atoms with Gasteiger partial charge in [0.2, 0.25) is 0 Å². The molecule has 0 saturated heterocycles. The van der Waals surface area contributed by atoms with Crippen LogP contribution in [0.1, 0.15) is 90.9 Å². The van der Waals surface area contributed by atoms with Crippen LogP contribution in [-0.4, -0.2) is 17.4 Å². The normalized spacial score (nSPS) is 13.0. The molecule has 0 heterocycles. The Labute approximate surface area is 221 Å². The molecule has 3 aromatic rings. The first-order valence-corrected chi connectivity index (χ1v) is 13.1. The summed E-state index contributed by atoms with van der Waals surface area (Å²) >= 11 is 0. The minimum atomic E-state index is -0.430. The smallest absolute Gasteiger partial charge is 0.343 e. The van der Waals surface area contributed by atoms with Crippen LogP contribution in [0.5, 0.6) is 11.5 Å². The molecule has 0 bridgehead atoms. The lowest BCUT2D eigenvalue weighted by Gasteiger charge is -2.27. The summed E-state index contributed by atoms with van der Waals surface area (Å²) < 4.78 is 12.0. The summed E-state index contributed by atoms with van der Waals surface area (Å²) in [5.74, 6) is 1.16. The Morgan fingerprint density at radius 3 is 1.76 bits per heavy atom. The van der Waals surface area contributed by atoms with E-state index in [1.165, 1.54) is 22.3 Å². The SMILES string of the molecule is CCC(C)(C)C(=O)c1ccc(C(=O)Oc2cc3c(cc2C)-c2cc(C)c(OC(C)(C)C)cc2CC3)cc1. The molecule has 194 valence electrons. The first-order valence-electron chi connectivity index (χ1n) is 13.1. The van der Waals surface area contributed by atoms with Gasteiger partial charge in [-0.25, -0.2) is 4.79 Å². The molecular formula is C33H38O4. The molecule has 1 aliphatic rings. The first-order chi connectivity index (χ1) is 17.3. The molecule has 4 rings (SSSR count). The monoisotopic (exact) mass is 498 g/mol. The lowest BCUT2D eigenvalue weighted by atomic mass is 9.82.